The fourth-order valence-corrected chi connectivity index (χ4v) is 5.79. The number of carbonyl (C=O) groups excluding carboxylic acids is 2. The van der Waals surface area contributed by atoms with Crippen LogP contribution in [0.5, 0.6) is 0 Å². The summed E-state index contributed by atoms with van der Waals surface area (Å²) in [6, 6.07) is 18.3. The molecule has 0 bridgehead atoms. The summed E-state index contributed by atoms with van der Waals surface area (Å²) in [4.78, 5) is 31.5. The SMILES string of the molecule is Cc1ccc(C)c(CN2C(=O)c3ccccc3[S@@](=O)c3ccc(C(=O)N4CCOCC4)cc32)c1. The van der Waals surface area contributed by atoms with Gasteiger partial charge in [-0.1, -0.05) is 35.9 Å². The molecule has 0 aliphatic carbocycles. The minimum Gasteiger partial charge on any atom is -0.378 e. The first-order valence-electron chi connectivity index (χ1n) is 11.3. The number of hydrogen-bond acceptors (Lipinski definition) is 4. The average Bonchev–Trinajstić information content (AvgIpc) is 2.95. The number of benzene rings is 3. The second-order valence-corrected chi connectivity index (χ2v) is 10.1. The summed E-state index contributed by atoms with van der Waals surface area (Å²) in [5, 5.41) is 0. The normalized spacial score (nSPS) is 17.7. The second-order valence-electron chi connectivity index (χ2n) is 8.67. The lowest BCUT2D eigenvalue weighted by Crippen LogP contribution is -2.40. The predicted octanol–water partition coefficient (Wildman–Crippen LogP) is 4.10. The van der Waals surface area contributed by atoms with Crippen LogP contribution in [0.25, 0.3) is 0 Å². The summed E-state index contributed by atoms with van der Waals surface area (Å²) in [5.41, 5.74) is 4.59. The Hall–Kier alpha value is -3.29. The fourth-order valence-electron chi connectivity index (χ4n) is 4.44. The molecule has 0 aromatic heterocycles. The van der Waals surface area contributed by atoms with E-state index in [9.17, 15) is 13.8 Å². The average molecular weight is 475 g/mol. The van der Waals surface area contributed by atoms with Crippen LogP contribution in [0.1, 0.15) is 37.4 Å². The van der Waals surface area contributed by atoms with Crippen LogP contribution in [0, 0.1) is 13.8 Å². The van der Waals surface area contributed by atoms with Gasteiger partial charge in [0.25, 0.3) is 11.8 Å². The molecule has 1 atom stereocenters. The van der Waals surface area contributed by atoms with Crippen LogP contribution >= 0.6 is 0 Å². The van der Waals surface area contributed by atoms with Crippen LogP contribution < -0.4 is 4.90 Å². The van der Waals surface area contributed by atoms with Crippen LogP contribution in [0.3, 0.4) is 0 Å². The van der Waals surface area contributed by atoms with Crippen molar-refractivity contribution < 1.29 is 18.5 Å². The van der Waals surface area contributed by atoms with Crippen molar-refractivity contribution in [2.24, 2.45) is 0 Å². The molecule has 2 aliphatic rings. The smallest absolute Gasteiger partial charge is 0.259 e. The molecule has 174 valence electrons. The minimum atomic E-state index is -1.55. The Labute approximate surface area is 201 Å². The maximum atomic E-state index is 13.8. The Morgan fingerprint density at radius 1 is 0.971 bits per heavy atom. The first-order chi connectivity index (χ1) is 16.4. The Bertz CT molecular complexity index is 1310. The Morgan fingerprint density at radius 3 is 2.53 bits per heavy atom. The highest BCUT2D eigenvalue weighted by molar-refractivity contribution is 7.85. The van der Waals surface area contributed by atoms with E-state index in [1.54, 1.807) is 52.3 Å². The molecule has 2 heterocycles. The molecule has 0 saturated carbocycles. The molecule has 5 rings (SSSR count). The lowest BCUT2D eigenvalue weighted by molar-refractivity contribution is 0.0303. The van der Waals surface area contributed by atoms with Crippen LogP contribution in [-0.4, -0.2) is 47.2 Å². The molecule has 0 spiro atoms. The van der Waals surface area contributed by atoms with Gasteiger partial charge in [0.05, 0.1) is 51.6 Å². The third-order valence-corrected chi connectivity index (χ3v) is 7.89. The van der Waals surface area contributed by atoms with E-state index in [0.717, 1.165) is 16.7 Å². The number of hydrogen-bond donors (Lipinski definition) is 0. The molecule has 1 fully saturated rings. The molecule has 3 aromatic carbocycles. The zero-order valence-electron chi connectivity index (χ0n) is 19.2. The van der Waals surface area contributed by atoms with E-state index in [2.05, 4.69) is 6.07 Å². The van der Waals surface area contributed by atoms with Gasteiger partial charge in [0.15, 0.2) is 0 Å². The third kappa shape index (κ3) is 4.06. The lowest BCUT2D eigenvalue weighted by atomic mass is 10.0. The Morgan fingerprint density at radius 2 is 1.74 bits per heavy atom. The molecule has 1 saturated heterocycles. The van der Waals surface area contributed by atoms with E-state index in [1.807, 2.05) is 26.0 Å². The molecular weight excluding hydrogens is 448 g/mol. The number of carbonyl (C=O) groups is 2. The minimum absolute atomic E-state index is 0.113. The van der Waals surface area contributed by atoms with Crippen molar-refractivity contribution in [2.75, 3.05) is 31.2 Å². The fraction of sp³-hybridized carbons (Fsp3) is 0.259. The standard InChI is InChI=1S/C27H26N2O4S/c1-18-7-8-19(2)21(15-18)17-29-23-16-20(26(30)28-11-13-33-14-12-28)9-10-25(23)34(32)24-6-4-3-5-22(24)27(29)31/h3-10,15-16H,11-14,17H2,1-2H3/t34-/m1/s1. The summed E-state index contributed by atoms with van der Waals surface area (Å²) in [7, 11) is -1.55. The van der Waals surface area contributed by atoms with Crippen molar-refractivity contribution >= 4 is 28.3 Å². The molecule has 0 N–H and O–H groups in total. The summed E-state index contributed by atoms with van der Waals surface area (Å²) in [6.07, 6.45) is 0. The van der Waals surface area contributed by atoms with E-state index in [1.165, 1.54) is 0 Å². The van der Waals surface area contributed by atoms with Crippen molar-refractivity contribution in [3.63, 3.8) is 0 Å². The molecule has 34 heavy (non-hydrogen) atoms. The maximum Gasteiger partial charge on any atom is 0.259 e. The van der Waals surface area contributed by atoms with Crippen molar-refractivity contribution in [3.05, 3.63) is 88.5 Å². The van der Waals surface area contributed by atoms with Crippen molar-refractivity contribution in [1.29, 1.82) is 0 Å². The van der Waals surface area contributed by atoms with Gasteiger partial charge < -0.3 is 14.5 Å². The summed E-state index contributed by atoms with van der Waals surface area (Å²) in [5.74, 6) is -0.336. The molecule has 0 radical (unpaired) electrons. The van der Waals surface area contributed by atoms with Crippen LogP contribution in [0.2, 0.25) is 0 Å². The van der Waals surface area contributed by atoms with Gasteiger partial charge in [0.1, 0.15) is 0 Å². The van der Waals surface area contributed by atoms with Crippen LogP contribution in [0.4, 0.5) is 5.69 Å². The van der Waals surface area contributed by atoms with E-state index in [0.29, 0.717) is 59.5 Å². The zero-order valence-corrected chi connectivity index (χ0v) is 20.1. The third-order valence-electron chi connectivity index (χ3n) is 6.39. The molecule has 3 aromatic rings. The first-order valence-corrected chi connectivity index (χ1v) is 12.5. The topological polar surface area (TPSA) is 66.9 Å². The van der Waals surface area contributed by atoms with Crippen molar-refractivity contribution in [1.82, 2.24) is 4.90 Å². The van der Waals surface area contributed by atoms with Crippen molar-refractivity contribution in [2.45, 2.75) is 30.2 Å². The summed E-state index contributed by atoms with van der Waals surface area (Å²) in [6.45, 7) is 6.42. The highest BCUT2D eigenvalue weighted by atomic mass is 32.2. The molecule has 2 amide bonds. The van der Waals surface area contributed by atoms with Gasteiger partial charge >= 0.3 is 0 Å². The maximum absolute atomic E-state index is 13.8. The van der Waals surface area contributed by atoms with Gasteiger partial charge in [-0.2, -0.15) is 0 Å². The Kier molecular flexibility index (Phi) is 6.06. The van der Waals surface area contributed by atoms with Gasteiger partial charge in [0.2, 0.25) is 0 Å². The van der Waals surface area contributed by atoms with Crippen molar-refractivity contribution in [3.8, 4) is 0 Å². The first kappa shape index (κ1) is 22.5. The van der Waals surface area contributed by atoms with E-state index >= 15 is 0 Å². The summed E-state index contributed by atoms with van der Waals surface area (Å²) >= 11 is 0. The highest BCUT2D eigenvalue weighted by Crippen LogP contribution is 2.36. The number of nitrogens with zero attached hydrogens (tertiary/aromatic N) is 2. The van der Waals surface area contributed by atoms with E-state index in [-0.39, 0.29) is 11.8 Å². The number of aryl methyl sites for hydroxylation is 2. The van der Waals surface area contributed by atoms with E-state index < -0.39 is 10.8 Å². The van der Waals surface area contributed by atoms with Crippen LogP contribution in [0.15, 0.2) is 70.5 Å². The molecule has 7 heteroatoms. The zero-order chi connectivity index (χ0) is 23.8. The summed E-state index contributed by atoms with van der Waals surface area (Å²) < 4.78 is 19.0. The highest BCUT2D eigenvalue weighted by Gasteiger charge is 2.32. The lowest BCUT2D eigenvalue weighted by Gasteiger charge is -2.28. The number of ether oxygens (including phenoxy) is 1. The number of anilines is 1. The largest absolute Gasteiger partial charge is 0.378 e. The van der Waals surface area contributed by atoms with Crippen LogP contribution in [-0.2, 0) is 22.1 Å². The number of rotatable bonds is 3. The molecule has 2 aliphatic heterocycles. The van der Waals surface area contributed by atoms with Gasteiger partial charge in [-0.25, -0.2) is 4.21 Å². The number of fused-ring (bicyclic) bond motifs is 2. The van der Waals surface area contributed by atoms with Gasteiger partial charge in [0, 0.05) is 18.7 Å². The quantitative estimate of drug-likeness (QED) is 0.573. The Balaban J connectivity index is 1.64. The molecule has 0 unspecified atom stereocenters. The van der Waals surface area contributed by atoms with E-state index in [4.69, 9.17) is 4.74 Å². The predicted molar refractivity (Wildman–Crippen MR) is 131 cm³/mol. The van der Waals surface area contributed by atoms with Gasteiger partial charge in [-0.3, -0.25) is 9.59 Å². The van der Waals surface area contributed by atoms with Gasteiger partial charge in [-0.05, 0) is 55.3 Å². The number of morpholine rings is 1. The number of amides is 2. The van der Waals surface area contributed by atoms with Gasteiger partial charge in [-0.15, -0.1) is 0 Å². The molecule has 6 nitrogen and oxygen atoms in total. The second kappa shape index (κ2) is 9.16. The molecular formula is C27H26N2O4S. The monoisotopic (exact) mass is 474 g/mol.